The second-order valence-electron chi connectivity index (χ2n) is 7.63. The quantitative estimate of drug-likeness (QED) is 0.315. The molecule has 2 aromatic rings. The SMILES string of the molecule is CC#CCOc1ccc(S(=O)(=O)C2(OC(=O)NO)CCN(Cc3ccc(Cl)c(Cl)c3)CC2)cc1. The molecule has 1 amide bonds. The normalized spacial score (nSPS) is 15.6. The number of amides is 1. The molecule has 0 unspecified atom stereocenters. The molecule has 0 aliphatic carbocycles. The van der Waals surface area contributed by atoms with Gasteiger partial charge in [0, 0.05) is 32.5 Å². The number of carbonyl (C=O) groups excluding carboxylic acids is 1. The summed E-state index contributed by atoms with van der Waals surface area (Å²) >= 11 is 12.1. The van der Waals surface area contributed by atoms with Crippen LogP contribution in [0.5, 0.6) is 5.75 Å². The Kier molecular flexibility index (Phi) is 8.68. The molecule has 3 rings (SSSR count). The number of rotatable bonds is 7. The van der Waals surface area contributed by atoms with E-state index >= 15 is 0 Å². The van der Waals surface area contributed by atoms with Gasteiger partial charge in [-0.3, -0.25) is 10.1 Å². The number of halogens is 2. The number of nitrogens with one attached hydrogen (secondary N) is 1. The zero-order valence-corrected chi connectivity index (χ0v) is 20.7. The number of hydrogen-bond donors (Lipinski definition) is 2. The third-order valence-corrected chi connectivity index (χ3v) is 8.59. The van der Waals surface area contributed by atoms with Crippen molar-refractivity contribution in [3.8, 4) is 17.6 Å². The number of hydrogen-bond acceptors (Lipinski definition) is 7. The van der Waals surface area contributed by atoms with Gasteiger partial charge >= 0.3 is 6.09 Å². The van der Waals surface area contributed by atoms with E-state index in [4.69, 9.17) is 37.9 Å². The molecule has 0 bridgehead atoms. The van der Waals surface area contributed by atoms with Crippen molar-refractivity contribution in [1.29, 1.82) is 0 Å². The van der Waals surface area contributed by atoms with E-state index in [0.29, 0.717) is 35.4 Å². The molecular formula is C23H24Cl2N2O6S. The van der Waals surface area contributed by atoms with E-state index in [1.54, 1.807) is 19.1 Å². The summed E-state index contributed by atoms with van der Waals surface area (Å²) in [6, 6.07) is 11.1. The Hall–Kier alpha value is -2.48. The summed E-state index contributed by atoms with van der Waals surface area (Å²) in [5.74, 6) is 5.92. The van der Waals surface area contributed by atoms with Crippen LogP contribution in [-0.2, 0) is 21.1 Å². The van der Waals surface area contributed by atoms with Crippen molar-refractivity contribution in [2.75, 3.05) is 19.7 Å². The average Bonchev–Trinajstić information content (AvgIpc) is 2.83. The van der Waals surface area contributed by atoms with Crippen molar-refractivity contribution in [3.63, 3.8) is 0 Å². The van der Waals surface area contributed by atoms with Crippen LogP contribution in [0.4, 0.5) is 4.79 Å². The molecule has 34 heavy (non-hydrogen) atoms. The molecule has 0 aromatic heterocycles. The van der Waals surface area contributed by atoms with Crippen LogP contribution in [0, 0.1) is 11.8 Å². The molecule has 0 spiro atoms. The van der Waals surface area contributed by atoms with Crippen LogP contribution in [0.3, 0.4) is 0 Å². The lowest BCUT2D eigenvalue weighted by molar-refractivity contribution is 0.000287. The summed E-state index contributed by atoms with van der Waals surface area (Å²) in [7, 11) is -4.12. The Morgan fingerprint density at radius 1 is 1.15 bits per heavy atom. The number of ether oxygens (including phenoxy) is 2. The lowest BCUT2D eigenvalue weighted by Gasteiger charge is -2.40. The van der Waals surface area contributed by atoms with Gasteiger partial charge < -0.3 is 9.47 Å². The number of sulfone groups is 1. The summed E-state index contributed by atoms with van der Waals surface area (Å²) < 4.78 is 37.9. The van der Waals surface area contributed by atoms with Gasteiger partial charge in [-0.05, 0) is 48.9 Å². The fraction of sp³-hybridized carbons (Fsp3) is 0.348. The molecule has 1 saturated heterocycles. The molecule has 0 radical (unpaired) electrons. The molecule has 2 aromatic carbocycles. The maximum atomic E-state index is 13.6. The summed E-state index contributed by atoms with van der Waals surface area (Å²) in [6.07, 6.45) is -1.22. The average molecular weight is 527 g/mol. The highest BCUT2D eigenvalue weighted by atomic mass is 35.5. The van der Waals surface area contributed by atoms with Gasteiger partial charge in [0.2, 0.25) is 14.8 Å². The molecule has 2 N–H and O–H groups in total. The van der Waals surface area contributed by atoms with Crippen LogP contribution in [0.2, 0.25) is 10.0 Å². The molecule has 8 nitrogen and oxygen atoms in total. The molecular weight excluding hydrogens is 503 g/mol. The van der Waals surface area contributed by atoms with Crippen LogP contribution in [0.1, 0.15) is 25.3 Å². The summed E-state index contributed by atoms with van der Waals surface area (Å²) in [4.78, 5) is 12.0. The molecule has 11 heteroatoms. The molecule has 1 aliphatic rings. The molecule has 182 valence electrons. The first kappa shape index (κ1) is 26.1. The van der Waals surface area contributed by atoms with Crippen LogP contribution in [0.25, 0.3) is 0 Å². The Morgan fingerprint density at radius 3 is 2.41 bits per heavy atom. The maximum absolute atomic E-state index is 13.6. The van der Waals surface area contributed by atoms with Gasteiger partial charge in [-0.25, -0.2) is 18.7 Å². The largest absolute Gasteiger partial charge is 0.481 e. The highest BCUT2D eigenvalue weighted by molar-refractivity contribution is 7.92. The Balaban J connectivity index is 1.79. The van der Waals surface area contributed by atoms with Gasteiger partial charge in [0.15, 0.2) is 0 Å². The molecule has 1 fully saturated rings. The van der Waals surface area contributed by atoms with E-state index in [1.807, 2.05) is 11.0 Å². The standard InChI is InChI=1S/C23H24Cl2N2O6S/c1-2-3-14-32-18-5-7-19(8-6-18)34(30,31)23(33-22(28)26-29)10-12-27(13-11-23)16-17-4-9-20(24)21(25)15-17/h4-9,15,29H,10-14,16H2,1H3,(H,26,28). The van der Waals surface area contributed by atoms with Gasteiger partial charge in [-0.1, -0.05) is 35.2 Å². The Labute approximate surface area is 208 Å². The second kappa shape index (κ2) is 11.3. The lowest BCUT2D eigenvalue weighted by Crippen LogP contribution is -2.52. The van der Waals surface area contributed by atoms with Crippen molar-refractivity contribution >= 4 is 39.1 Å². The second-order valence-corrected chi connectivity index (χ2v) is 10.7. The van der Waals surface area contributed by atoms with Crippen LogP contribution in [-0.4, -0.2) is 49.2 Å². The number of piperidine rings is 1. The first-order valence-electron chi connectivity index (χ1n) is 10.4. The van der Waals surface area contributed by atoms with E-state index in [0.717, 1.165) is 5.56 Å². The first-order valence-corrected chi connectivity index (χ1v) is 12.6. The maximum Gasteiger partial charge on any atom is 0.432 e. The smallest absolute Gasteiger partial charge is 0.432 e. The Morgan fingerprint density at radius 2 is 1.82 bits per heavy atom. The predicted octanol–water partition coefficient (Wildman–Crippen LogP) is 4.28. The summed E-state index contributed by atoms with van der Waals surface area (Å²) in [5.41, 5.74) is 2.28. The number of benzene rings is 2. The minimum atomic E-state index is -4.12. The first-order chi connectivity index (χ1) is 16.2. The van der Waals surface area contributed by atoms with E-state index in [-0.39, 0.29) is 24.3 Å². The monoisotopic (exact) mass is 526 g/mol. The Bertz CT molecular complexity index is 1180. The van der Waals surface area contributed by atoms with Crippen molar-refractivity contribution in [2.45, 2.75) is 36.1 Å². The van der Waals surface area contributed by atoms with E-state index < -0.39 is 20.9 Å². The highest BCUT2D eigenvalue weighted by Gasteiger charge is 2.50. The van der Waals surface area contributed by atoms with Crippen molar-refractivity contribution < 1.29 is 27.9 Å². The van der Waals surface area contributed by atoms with Gasteiger partial charge in [0.1, 0.15) is 12.4 Å². The number of carbonyl (C=O) groups is 1. The third-order valence-electron chi connectivity index (χ3n) is 5.49. The van der Waals surface area contributed by atoms with Crippen molar-refractivity contribution in [2.24, 2.45) is 0 Å². The number of nitrogens with zero attached hydrogens (tertiary/aromatic N) is 1. The molecule has 1 aliphatic heterocycles. The third kappa shape index (κ3) is 5.95. The van der Waals surface area contributed by atoms with Gasteiger partial charge in [-0.2, -0.15) is 0 Å². The predicted molar refractivity (Wildman–Crippen MR) is 128 cm³/mol. The van der Waals surface area contributed by atoms with E-state index in [9.17, 15) is 13.2 Å². The molecule has 1 heterocycles. The minimum absolute atomic E-state index is 0.00835. The topological polar surface area (TPSA) is 105 Å². The van der Waals surface area contributed by atoms with Gasteiger partial charge in [0.05, 0.1) is 14.9 Å². The van der Waals surface area contributed by atoms with Crippen LogP contribution in [0.15, 0.2) is 47.4 Å². The van der Waals surface area contributed by atoms with Crippen LogP contribution >= 0.6 is 23.2 Å². The summed E-state index contributed by atoms with van der Waals surface area (Å²) in [5, 5.41) is 9.86. The van der Waals surface area contributed by atoms with Crippen molar-refractivity contribution in [3.05, 3.63) is 58.1 Å². The molecule has 0 atom stereocenters. The lowest BCUT2D eigenvalue weighted by atomic mass is 10.1. The molecule has 0 saturated carbocycles. The summed E-state index contributed by atoms with van der Waals surface area (Å²) in [6.45, 7) is 3.05. The fourth-order valence-electron chi connectivity index (χ4n) is 3.69. The zero-order chi connectivity index (χ0) is 24.8. The van der Waals surface area contributed by atoms with Gasteiger partial charge in [0.25, 0.3) is 0 Å². The highest BCUT2D eigenvalue weighted by Crippen LogP contribution is 2.38. The van der Waals surface area contributed by atoms with E-state index in [2.05, 4.69) is 11.8 Å². The minimum Gasteiger partial charge on any atom is -0.481 e. The number of likely N-dealkylation sites (tertiary alicyclic amines) is 1. The van der Waals surface area contributed by atoms with Gasteiger partial charge in [-0.15, -0.1) is 5.92 Å². The van der Waals surface area contributed by atoms with E-state index in [1.165, 1.54) is 29.7 Å². The number of hydroxylamine groups is 1. The van der Waals surface area contributed by atoms with Crippen molar-refractivity contribution in [1.82, 2.24) is 10.4 Å². The van der Waals surface area contributed by atoms with Crippen LogP contribution < -0.4 is 10.2 Å². The zero-order valence-electron chi connectivity index (χ0n) is 18.4. The fourth-order valence-corrected chi connectivity index (χ4v) is 5.84.